The first-order valence-electron chi connectivity index (χ1n) is 7.52. The lowest BCUT2D eigenvalue weighted by Gasteiger charge is -2.31. The number of carboxylic acids is 1. The van der Waals surface area contributed by atoms with Gasteiger partial charge in [0.15, 0.2) is 0 Å². The van der Waals surface area contributed by atoms with Crippen molar-refractivity contribution in [3.8, 4) is 11.5 Å². The van der Waals surface area contributed by atoms with Gasteiger partial charge in [-0.15, -0.1) is 0 Å². The third-order valence-electron chi connectivity index (χ3n) is 3.91. The lowest BCUT2D eigenvalue weighted by atomic mass is 10.1. The fourth-order valence-electron chi connectivity index (χ4n) is 2.68. The first kappa shape index (κ1) is 17.1. The minimum atomic E-state index is -3.95. The van der Waals surface area contributed by atoms with Crippen molar-refractivity contribution in [1.82, 2.24) is 0 Å². The number of hydrogen-bond acceptors (Lipinski definition) is 5. The number of nitrogens with zero attached hydrogens (tertiary/aromatic N) is 1. The van der Waals surface area contributed by atoms with E-state index in [1.807, 2.05) is 0 Å². The summed E-state index contributed by atoms with van der Waals surface area (Å²) < 4.78 is 38.2. The molecule has 132 valence electrons. The molecule has 0 unspecified atom stereocenters. The van der Waals surface area contributed by atoms with Crippen molar-refractivity contribution in [3.63, 3.8) is 0 Å². The molecule has 7 nitrogen and oxygen atoms in total. The molecule has 0 spiro atoms. The number of aromatic carboxylic acids is 1. The molecule has 8 heteroatoms. The van der Waals surface area contributed by atoms with Crippen LogP contribution < -0.4 is 13.8 Å². The molecule has 2 aromatic rings. The van der Waals surface area contributed by atoms with Gasteiger partial charge >= 0.3 is 5.97 Å². The smallest absolute Gasteiger partial charge is 0.335 e. The van der Waals surface area contributed by atoms with E-state index in [9.17, 15) is 18.3 Å². The minimum Gasteiger partial charge on any atom is -0.495 e. The van der Waals surface area contributed by atoms with Crippen LogP contribution >= 0.6 is 0 Å². The van der Waals surface area contributed by atoms with Crippen molar-refractivity contribution in [2.75, 3.05) is 24.6 Å². The number of hydrogen-bond donors (Lipinski definition) is 1. The van der Waals surface area contributed by atoms with Crippen LogP contribution in [0.2, 0.25) is 0 Å². The van der Waals surface area contributed by atoms with E-state index in [4.69, 9.17) is 9.47 Å². The molecule has 0 saturated carbocycles. The van der Waals surface area contributed by atoms with E-state index in [2.05, 4.69) is 0 Å². The summed E-state index contributed by atoms with van der Waals surface area (Å²) in [6.07, 6.45) is 0. The van der Waals surface area contributed by atoms with E-state index in [0.717, 1.165) is 9.87 Å². The molecule has 0 bridgehead atoms. The number of carboxylic acid groups (broad SMARTS) is 1. The van der Waals surface area contributed by atoms with Gasteiger partial charge in [-0.3, -0.25) is 4.31 Å². The monoisotopic (exact) mass is 363 g/mol. The Hall–Kier alpha value is -2.74. The van der Waals surface area contributed by atoms with Crippen LogP contribution in [0.15, 0.2) is 41.3 Å². The van der Waals surface area contributed by atoms with Gasteiger partial charge in [-0.2, -0.15) is 0 Å². The fourth-order valence-corrected chi connectivity index (χ4v) is 4.37. The third kappa shape index (κ3) is 3.00. The van der Waals surface area contributed by atoms with Gasteiger partial charge in [-0.05, 0) is 42.8 Å². The first-order chi connectivity index (χ1) is 11.8. The van der Waals surface area contributed by atoms with Crippen LogP contribution in [0.5, 0.6) is 11.5 Å². The molecule has 0 radical (unpaired) electrons. The normalized spacial score (nSPS) is 13.8. The van der Waals surface area contributed by atoms with E-state index in [0.29, 0.717) is 5.75 Å². The van der Waals surface area contributed by atoms with E-state index < -0.39 is 16.0 Å². The zero-order chi connectivity index (χ0) is 18.2. The molecule has 0 saturated heterocycles. The molecule has 0 aliphatic carbocycles. The van der Waals surface area contributed by atoms with Crippen LogP contribution in [0.3, 0.4) is 0 Å². The number of methoxy groups -OCH3 is 1. The first-order valence-corrected chi connectivity index (χ1v) is 8.96. The highest BCUT2D eigenvalue weighted by atomic mass is 32.2. The zero-order valence-electron chi connectivity index (χ0n) is 13.7. The molecule has 2 aromatic carbocycles. The average molecular weight is 363 g/mol. The topological polar surface area (TPSA) is 93.1 Å². The average Bonchev–Trinajstić information content (AvgIpc) is 2.60. The molecular weight excluding hydrogens is 346 g/mol. The number of benzene rings is 2. The van der Waals surface area contributed by atoms with Crippen LogP contribution in [0, 0.1) is 6.92 Å². The van der Waals surface area contributed by atoms with Gasteiger partial charge in [-0.25, -0.2) is 13.2 Å². The Bertz CT molecular complexity index is 938. The Morgan fingerprint density at radius 2 is 2.00 bits per heavy atom. The van der Waals surface area contributed by atoms with Gasteiger partial charge in [0.1, 0.15) is 23.0 Å². The van der Waals surface area contributed by atoms with Crippen molar-refractivity contribution in [3.05, 3.63) is 47.5 Å². The largest absolute Gasteiger partial charge is 0.495 e. The highest BCUT2D eigenvalue weighted by Crippen LogP contribution is 2.38. The lowest BCUT2D eigenvalue weighted by molar-refractivity contribution is 0.0697. The molecule has 1 heterocycles. The predicted octanol–water partition coefficient (Wildman–Crippen LogP) is 2.29. The number of ether oxygens (including phenoxy) is 2. The molecule has 1 N–H and O–H groups in total. The number of rotatable bonds is 4. The maximum Gasteiger partial charge on any atom is 0.335 e. The maximum atomic E-state index is 13.2. The summed E-state index contributed by atoms with van der Waals surface area (Å²) in [5, 5.41) is 9.18. The third-order valence-corrected chi connectivity index (χ3v) is 5.75. The van der Waals surface area contributed by atoms with E-state index in [1.54, 1.807) is 19.1 Å². The van der Waals surface area contributed by atoms with Gasteiger partial charge in [0, 0.05) is 0 Å². The summed E-state index contributed by atoms with van der Waals surface area (Å²) in [7, 11) is -2.55. The van der Waals surface area contributed by atoms with E-state index >= 15 is 0 Å². The second kappa shape index (κ2) is 6.29. The SMILES string of the molecule is COc1ccc(C)cc1S(=O)(=O)N1CCOc2ccc(C(=O)O)cc21. The molecule has 0 amide bonds. The van der Waals surface area contributed by atoms with Gasteiger partial charge in [0.25, 0.3) is 10.0 Å². The molecule has 3 rings (SSSR count). The summed E-state index contributed by atoms with van der Waals surface area (Å²) in [5.41, 5.74) is 0.961. The van der Waals surface area contributed by atoms with Crippen molar-refractivity contribution < 1.29 is 27.8 Å². The van der Waals surface area contributed by atoms with Crippen molar-refractivity contribution in [1.29, 1.82) is 0 Å². The van der Waals surface area contributed by atoms with E-state index in [1.165, 1.54) is 31.4 Å². The summed E-state index contributed by atoms with van der Waals surface area (Å²) in [6.45, 7) is 2.04. The maximum absolute atomic E-state index is 13.2. The van der Waals surface area contributed by atoms with Crippen LogP contribution in [0.25, 0.3) is 0 Å². The quantitative estimate of drug-likeness (QED) is 0.896. The second-order valence-corrected chi connectivity index (χ2v) is 7.40. The summed E-state index contributed by atoms with van der Waals surface area (Å²) >= 11 is 0. The molecule has 1 aliphatic rings. The van der Waals surface area contributed by atoms with Gasteiger partial charge in [0.2, 0.25) is 0 Å². The lowest BCUT2D eigenvalue weighted by Crippen LogP contribution is -2.38. The van der Waals surface area contributed by atoms with Crippen molar-refractivity contribution in [2.24, 2.45) is 0 Å². The standard InChI is InChI=1S/C17H17NO6S/c1-11-3-5-15(23-2)16(9-11)25(21,22)18-7-8-24-14-6-4-12(17(19)20)10-13(14)18/h3-6,9-10H,7-8H2,1-2H3,(H,19,20). The minimum absolute atomic E-state index is 0.0133. The highest BCUT2D eigenvalue weighted by Gasteiger charge is 2.33. The number of anilines is 1. The second-order valence-electron chi connectivity index (χ2n) is 5.57. The summed E-state index contributed by atoms with van der Waals surface area (Å²) in [4.78, 5) is 11.3. The Morgan fingerprint density at radius 1 is 1.24 bits per heavy atom. The molecule has 0 aromatic heterocycles. The molecule has 25 heavy (non-hydrogen) atoms. The fraction of sp³-hybridized carbons (Fsp3) is 0.235. The van der Waals surface area contributed by atoms with Crippen LogP contribution in [0.1, 0.15) is 15.9 Å². The summed E-state index contributed by atoms with van der Waals surface area (Å²) in [5.74, 6) is -0.585. The van der Waals surface area contributed by atoms with Gasteiger partial charge in [-0.1, -0.05) is 6.07 Å². The van der Waals surface area contributed by atoms with Gasteiger partial charge < -0.3 is 14.6 Å². The number of sulfonamides is 1. The molecule has 0 atom stereocenters. The van der Waals surface area contributed by atoms with Crippen molar-refractivity contribution in [2.45, 2.75) is 11.8 Å². The van der Waals surface area contributed by atoms with E-state index in [-0.39, 0.29) is 35.0 Å². The van der Waals surface area contributed by atoms with Crippen molar-refractivity contribution >= 4 is 21.7 Å². The number of fused-ring (bicyclic) bond motifs is 1. The van der Waals surface area contributed by atoms with Crippen LogP contribution in [-0.2, 0) is 10.0 Å². The highest BCUT2D eigenvalue weighted by molar-refractivity contribution is 7.93. The predicted molar refractivity (Wildman–Crippen MR) is 91.2 cm³/mol. The molecule has 1 aliphatic heterocycles. The molecule has 0 fully saturated rings. The summed E-state index contributed by atoms with van der Waals surface area (Å²) in [6, 6.07) is 9.03. The van der Waals surface area contributed by atoms with Gasteiger partial charge in [0.05, 0.1) is 24.9 Å². The number of carbonyl (C=O) groups is 1. The molecular formula is C17H17NO6S. The van der Waals surface area contributed by atoms with Crippen LogP contribution in [0.4, 0.5) is 5.69 Å². The zero-order valence-corrected chi connectivity index (χ0v) is 14.5. The Morgan fingerprint density at radius 3 is 2.68 bits per heavy atom. The Kier molecular flexibility index (Phi) is 4.30. The Labute approximate surface area is 145 Å². The Balaban J connectivity index is 2.16. The number of aryl methyl sites for hydroxylation is 1. The van der Waals surface area contributed by atoms with Crippen LogP contribution in [-0.4, -0.2) is 39.8 Å².